The molecule has 18 heavy (non-hydrogen) atoms. The van der Waals surface area contributed by atoms with Gasteiger partial charge >= 0.3 is 0 Å². The number of halogens is 3. The Bertz CT molecular complexity index is 726. The van der Waals surface area contributed by atoms with Crippen LogP contribution in [-0.2, 0) is 0 Å². The molecule has 1 unspecified atom stereocenters. The Hall–Kier alpha value is -0.170. The molecule has 2 heterocycles. The van der Waals surface area contributed by atoms with Gasteiger partial charge in [-0.3, -0.25) is 0 Å². The SMILES string of the molecule is Clc1cc2cnn(-c3cnn(PI)c3)c2cc1Br. The van der Waals surface area contributed by atoms with Crippen molar-refractivity contribution < 1.29 is 0 Å². The molecule has 0 aliphatic rings. The second kappa shape index (κ2) is 5.07. The van der Waals surface area contributed by atoms with E-state index in [1.807, 2.05) is 27.5 Å². The lowest BCUT2D eigenvalue weighted by molar-refractivity contribution is 0.911. The van der Waals surface area contributed by atoms with E-state index in [-0.39, 0.29) is 0 Å². The molecular formula is C10H6BrClIN4P. The van der Waals surface area contributed by atoms with Gasteiger partial charge in [0, 0.05) is 9.86 Å². The topological polar surface area (TPSA) is 35.6 Å². The Kier molecular flexibility index (Phi) is 3.62. The zero-order valence-corrected chi connectivity index (χ0v) is 14.3. The molecule has 0 N–H and O–H groups in total. The summed E-state index contributed by atoms with van der Waals surface area (Å²) in [6.45, 7) is 0. The molecule has 3 rings (SSSR count). The molecule has 0 aliphatic carbocycles. The predicted molar refractivity (Wildman–Crippen MR) is 87.3 cm³/mol. The average Bonchev–Trinajstić information content (AvgIpc) is 2.96. The molecule has 0 saturated heterocycles. The van der Waals surface area contributed by atoms with Crippen molar-refractivity contribution in [2.45, 2.75) is 0 Å². The minimum atomic E-state index is 0.582. The lowest BCUT2D eigenvalue weighted by Gasteiger charge is -2.01. The van der Waals surface area contributed by atoms with E-state index in [1.165, 1.54) is 0 Å². The molecule has 0 spiro atoms. The summed E-state index contributed by atoms with van der Waals surface area (Å²) in [4.78, 5) is 0. The van der Waals surface area contributed by atoms with Gasteiger partial charge in [0.2, 0.25) is 0 Å². The summed E-state index contributed by atoms with van der Waals surface area (Å²) < 4.78 is 4.60. The summed E-state index contributed by atoms with van der Waals surface area (Å²) in [6, 6.07) is 3.86. The highest BCUT2D eigenvalue weighted by atomic mass is 127. The molecule has 8 heteroatoms. The second-order valence-electron chi connectivity index (χ2n) is 3.61. The maximum Gasteiger partial charge on any atom is 0.104 e. The summed E-state index contributed by atoms with van der Waals surface area (Å²) in [6.07, 6.45) is 6.16. The fraction of sp³-hybridized carbons (Fsp3) is 0. The lowest BCUT2D eigenvalue weighted by atomic mass is 10.2. The van der Waals surface area contributed by atoms with Crippen molar-refractivity contribution in [2.75, 3.05) is 0 Å². The number of hydrogen-bond acceptors (Lipinski definition) is 2. The molecule has 0 bridgehead atoms. The smallest absolute Gasteiger partial charge is 0.104 e. The van der Waals surface area contributed by atoms with E-state index in [0.717, 1.165) is 21.1 Å². The summed E-state index contributed by atoms with van der Waals surface area (Å²) in [5.41, 5.74) is 1.95. The van der Waals surface area contributed by atoms with E-state index in [2.05, 4.69) is 48.2 Å². The summed E-state index contributed by atoms with van der Waals surface area (Å²) in [5, 5.41) is 10.3. The van der Waals surface area contributed by atoms with Crippen LogP contribution in [0.25, 0.3) is 16.6 Å². The maximum atomic E-state index is 6.07. The van der Waals surface area contributed by atoms with E-state index < -0.39 is 0 Å². The van der Waals surface area contributed by atoms with Crippen LogP contribution in [0, 0.1) is 0 Å². The number of aromatic nitrogens is 4. The van der Waals surface area contributed by atoms with E-state index in [9.17, 15) is 0 Å². The average molecular weight is 455 g/mol. The standard InChI is InChI=1S/C10H6BrClIN4P/c11-8-2-10-6(1-9(8)12)3-15-17(10)7-4-14-16(5-7)18-13/h1-5,18H. The molecule has 1 atom stereocenters. The fourth-order valence-electron chi connectivity index (χ4n) is 1.70. The van der Waals surface area contributed by atoms with Gasteiger partial charge in [0.05, 0.1) is 35.5 Å². The molecule has 4 nitrogen and oxygen atoms in total. The number of nitrogens with zero attached hydrogens (tertiary/aromatic N) is 4. The summed E-state index contributed by atoms with van der Waals surface area (Å²) >= 11 is 11.8. The van der Waals surface area contributed by atoms with Crippen LogP contribution in [0.2, 0.25) is 5.02 Å². The van der Waals surface area contributed by atoms with Crippen molar-refractivity contribution in [2.24, 2.45) is 0 Å². The van der Waals surface area contributed by atoms with Gasteiger partial charge in [-0.15, -0.1) is 0 Å². The van der Waals surface area contributed by atoms with Crippen molar-refractivity contribution in [3.63, 3.8) is 0 Å². The van der Waals surface area contributed by atoms with E-state index in [1.54, 1.807) is 12.4 Å². The molecule has 0 saturated carbocycles. The number of fused-ring (bicyclic) bond motifs is 1. The highest BCUT2D eigenvalue weighted by molar-refractivity contribution is 14.2. The predicted octanol–water partition coefficient (Wildman–Crippen LogP) is 4.43. The van der Waals surface area contributed by atoms with Crippen LogP contribution < -0.4 is 0 Å². The summed E-state index contributed by atoms with van der Waals surface area (Å²) in [7, 11) is 0. The first-order valence-corrected chi connectivity index (χ1v) is 10.2. The molecule has 0 fully saturated rings. The quantitative estimate of drug-likeness (QED) is 0.424. The molecule has 0 aliphatic heterocycles. The van der Waals surface area contributed by atoms with Crippen LogP contribution >= 0.6 is 55.9 Å². The van der Waals surface area contributed by atoms with Crippen molar-refractivity contribution in [3.05, 3.63) is 40.2 Å². The monoisotopic (exact) mass is 454 g/mol. The second-order valence-corrected chi connectivity index (χ2v) is 6.95. The Labute approximate surface area is 131 Å². The van der Waals surface area contributed by atoms with Gasteiger partial charge in [-0.05, 0) is 50.1 Å². The normalized spacial score (nSPS) is 11.9. The number of hydrogen-bond donors (Lipinski definition) is 0. The Morgan fingerprint density at radius 2 is 2.11 bits per heavy atom. The highest BCUT2D eigenvalue weighted by Crippen LogP contribution is 2.30. The van der Waals surface area contributed by atoms with Crippen LogP contribution in [0.3, 0.4) is 0 Å². The Balaban J connectivity index is 2.20. The molecule has 0 amide bonds. The van der Waals surface area contributed by atoms with Gasteiger partial charge < -0.3 is 0 Å². The first-order chi connectivity index (χ1) is 8.69. The molecule has 3 aromatic rings. The van der Waals surface area contributed by atoms with Crippen molar-refractivity contribution in [1.82, 2.24) is 19.3 Å². The zero-order chi connectivity index (χ0) is 12.7. The third-order valence-electron chi connectivity index (χ3n) is 2.51. The van der Waals surface area contributed by atoms with Gasteiger partial charge in [-0.2, -0.15) is 10.2 Å². The van der Waals surface area contributed by atoms with E-state index in [4.69, 9.17) is 11.6 Å². The van der Waals surface area contributed by atoms with Gasteiger partial charge in [-0.25, -0.2) is 9.13 Å². The van der Waals surface area contributed by atoms with Crippen LogP contribution in [0.5, 0.6) is 0 Å². The maximum absolute atomic E-state index is 6.07. The fourth-order valence-corrected chi connectivity index (χ4v) is 3.27. The Morgan fingerprint density at radius 3 is 2.83 bits per heavy atom. The van der Waals surface area contributed by atoms with Gasteiger partial charge in [0.25, 0.3) is 0 Å². The third-order valence-corrected chi connectivity index (χ3v) is 5.61. The van der Waals surface area contributed by atoms with Gasteiger partial charge in [0.1, 0.15) is 5.69 Å². The zero-order valence-electron chi connectivity index (χ0n) is 8.81. The van der Waals surface area contributed by atoms with Crippen molar-refractivity contribution in [1.29, 1.82) is 0 Å². The minimum Gasteiger partial charge on any atom is -0.243 e. The van der Waals surface area contributed by atoms with E-state index >= 15 is 0 Å². The van der Waals surface area contributed by atoms with Crippen LogP contribution in [0.1, 0.15) is 0 Å². The summed E-state index contributed by atoms with van der Waals surface area (Å²) in [5.74, 6) is 0. The molecule has 0 radical (unpaired) electrons. The highest BCUT2D eigenvalue weighted by Gasteiger charge is 2.09. The Morgan fingerprint density at radius 1 is 1.28 bits per heavy atom. The van der Waals surface area contributed by atoms with Crippen LogP contribution in [0.15, 0.2) is 35.2 Å². The minimum absolute atomic E-state index is 0.582. The molecule has 1 aromatic carbocycles. The van der Waals surface area contributed by atoms with Crippen molar-refractivity contribution in [3.8, 4) is 5.69 Å². The number of rotatable bonds is 2. The van der Waals surface area contributed by atoms with Gasteiger partial charge in [-0.1, -0.05) is 11.6 Å². The molecular weight excluding hydrogens is 449 g/mol. The first kappa shape index (κ1) is 12.8. The van der Waals surface area contributed by atoms with Crippen LogP contribution in [0.4, 0.5) is 0 Å². The third kappa shape index (κ3) is 2.19. The van der Waals surface area contributed by atoms with Crippen molar-refractivity contribution >= 4 is 66.8 Å². The number of benzene rings is 1. The largest absolute Gasteiger partial charge is 0.243 e. The first-order valence-electron chi connectivity index (χ1n) is 4.93. The molecule has 92 valence electrons. The van der Waals surface area contributed by atoms with Crippen LogP contribution in [-0.4, -0.2) is 19.3 Å². The lowest BCUT2D eigenvalue weighted by Crippen LogP contribution is -1.93. The molecule has 2 aromatic heterocycles. The van der Waals surface area contributed by atoms with Gasteiger partial charge in [0.15, 0.2) is 0 Å². The van der Waals surface area contributed by atoms with E-state index in [0.29, 0.717) is 11.4 Å².